The lowest BCUT2D eigenvalue weighted by Crippen LogP contribution is -2.48. The molecule has 2 aliphatic rings. The van der Waals surface area contributed by atoms with Crippen LogP contribution in [-0.4, -0.2) is 68.6 Å². The van der Waals surface area contributed by atoms with E-state index in [0.717, 1.165) is 57.3 Å². The van der Waals surface area contributed by atoms with E-state index in [-0.39, 0.29) is 11.7 Å². The van der Waals surface area contributed by atoms with E-state index in [4.69, 9.17) is 4.74 Å². The highest BCUT2D eigenvalue weighted by Crippen LogP contribution is 2.34. The molecule has 1 amide bonds. The molecule has 5 rings (SSSR count). The minimum absolute atomic E-state index is 0.0808. The Kier molecular flexibility index (Phi) is 7.00. The Hall–Kier alpha value is -3.38. The highest BCUT2D eigenvalue weighted by atomic mass is 19.1. The number of hydrogen-bond acceptors (Lipinski definition) is 4. The van der Waals surface area contributed by atoms with Crippen molar-refractivity contribution in [2.45, 2.75) is 5.92 Å². The first-order valence-corrected chi connectivity index (χ1v) is 12.3. The number of piperazine rings is 1. The highest BCUT2D eigenvalue weighted by Gasteiger charge is 2.37. The Bertz CT molecular complexity index is 1110. The zero-order valence-electron chi connectivity index (χ0n) is 20.1. The predicted octanol–water partition coefficient (Wildman–Crippen LogP) is 4.51. The van der Waals surface area contributed by atoms with Crippen molar-refractivity contribution < 1.29 is 13.9 Å². The van der Waals surface area contributed by atoms with E-state index in [1.807, 2.05) is 47.4 Å². The summed E-state index contributed by atoms with van der Waals surface area (Å²) in [7, 11) is 1.63. The van der Waals surface area contributed by atoms with Gasteiger partial charge in [-0.25, -0.2) is 4.39 Å². The molecule has 0 saturated carbocycles. The average Bonchev–Trinajstić information content (AvgIpc) is 3.33. The maximum Gasteiger partial charge on any atom is 0.253 e. The van der Waals surface area contributed by atoms with Gasteiger partial charge < -0.3 is 14.5 Å². The lowest BCUT2D eigenvalue weighted by Gasteiger charge is -2.37. The van der Waals surface area contributed by atoms with Crippen molar-refractivity contribution in [2.75, 3.05) is 57.8 Å². The number of anilines is 1. The van der Waals surface area contributed by atoms with Crippen molar-refractivity contribution in [3.8, 4) is 5.75 Å². The Morgan fingerprint density at radius 3 is 2.23 bits per heavy atom. The third-order valence-electron chi connectivity index (χ3n) is 7.35. The monoisotopic (exact) mass is 473 g/mol. The van der Waals surface area contributed by atoms with Gasteiger partial charge in [-0.15, -0.1) is 0 Å². The van der Waals surface area contributed by atoms with Gasteiger partial charge in [-0.1, -0.05) is 30.3 Å². The van der Waals surface area contributed by atoms with Crippen LogP contribution < -0.4 is 9.64 Å². The van der Waals surface area contributed by atoms with E-state index < -0.39 is 0 Å². The minimum Gasteiger partial charge on any atom is -0.497 e. The van der Waals surface area contributed by atoms with Crippen LogP contribution in [0.2, 0.25) is 0 Å². The van der Waals surface area contributed by atoms with E-state index in [9.17, 15) is 9.18 Å². The van der Waals surface area contributed by atoms with Crippen molar-refractivity contribution in [2.24, 2.45) is 5.92 Å². The van der Waals surface area contributed by atoms with E-state index in [2.05, 4.69) is 34.1 Å². The standard InChI is InChI=1S/C29H32FN3O2/c1-35-27-13-7-23(8-14-27)29(34)33-20-24(28(21-33)22-5-3-2-4-6-22)19-31-15-17-32(18-16-31)26-11-9-25(30)10-12-26/h2-14,24,28H,15-21H2,1H3/t24-,28+/m0/s1. The summed E-state index contributed by atoms with van der Waals surface area (Å²) < 4.78 is 18.5. The first-order valence-electron chi connectivity index (χ1n) is 12.3. The number of methoxy groups -OCH3 is 1. The molecule has 0 radical (unpaired) electrons. The van der Waals surface area contributed by atoms with Gasteiger partial charge in [0.2, 0.25) is 0 Å². The van der Waals surface area contributed by atoms with E-state index in [1.54, 1.807) is 7.11 Å². The van der Waals surface area contributed by atoms with Crippen LogP contribution in [0.4, 0.5) is 10.1 Å². The summed E-state index contributed by atoms with van der Waals surface area (Å²) in [5.74, 6) is 1.32. The third-order valence-corrected chi connectivity index (χ3v) is 7.35. The summed E-state index contributed by atoms with van der Waals surface area (Å²) in [5.41, 5.74) is 3.07. The van der Waals surface area contributed by atoms with Crippen molar-refractivity contribution in [1.29, 1.82) is 0 Å². The quantitative estimate of drug-likeness (QED) is 0.528. The second kappa shape index (κ2) is 10.5. The SMILES string of the molecule is COc1ccc(C(=O)N2C[C@H](CN3CCN(c4ccc(F)cc4)CC3)[C@@H](c3ccccc3)C2)cc1. The molecule has 2 saturated heterocycles. The van der Waals surface area contributed by atoms with Crippen LogP contribution in [0.5, 0.6) is 5.75 Å². The van der Waals surface area contributed by atoms with Crippen LogP contribution in [-0.2, 0) is 0 Å². The van der Waals surface area contributed by atoms with Gasteiger partial charge in [0.05, 0.1) is 7.11 Å². The molecule has 2 heterocycles. The summed E-state index contributed by atoms with van der Waals surface area (Å²) >= 11 is 0. The van der Waals surface area contributed by atoms with Gasteiger partial charge >= 0.3 is 0 Å². The number of carbonyl (C=O) groups is 1. The largest absolute Gasteiger partial charge is 0.497 e. The topological polar surface area (TPSA) is 36.0 Å². The molecule has 5 nitrogen and oxygen atoms in total. The van der Waals surface area contributed by atoms with Crippen LogP contribution in [0.25, 0.3) is 0 Å². The summed E-state index contributed by atoms with van der Waals surface area (Å²) in [6, 6.07) is 24.7. The normalized spacial score (nSPS) is 20.7. The molecule has 3 aromatic rings. The average molecular weight is 474 g/mol. The fourth-order valence-corrected chi connectivity index (χ4v) is 5.39. The molecule has 0 spiro atoms. The summed E-state index contributed by atoms with van der Waals surface area (Å²) in [4.78, 5) is 20.2. The molecule has 0 aliphatic carbocycles. The molecule has 182 valence electrons. The number of amides is 1. The van der Waals surface area contributed by atoms with Gasteiger partial charge in [-0.05, 0) is 60.0 Å². The van der Waals surface area contributed by atoms with E-state index in [1.165, 1.54) is 17.7 Å². The summed E-state index contributed by atoms with van der Waals surface area (Å²) in [5, 5.41) is 0. The van der Waals surface area contributed by atoms with Gasteiger partial charge in [-0.2, -0.15) is 0 Å². The lowest BCUT2D eigenvalue weighted by atomic mass is 9.88. The Morgan fingerprint density at radius 2 is 1.57 bits per heavy atom. The first kappa shape index (κ1) is 23.4. The van der Waals surface area contributed by atoms with Crippen LogP contribution >= 0.6 is 0 Å². The predicted molar refractivity (Wildman–Crippen MR) is 137 cm³/mol. The molecule has 0 aromatic heterocycles. The van der Waals surface area contributed by atoms with Crippen LogP contribution in [0, 0.1) is 11.7 Å². The molecule has 0 unspecified atom stereocenters. The molecule has 2 fully saturated rings. The number of rotatable bonds is 6. The molecule has 2 aliphatic heterocycles. The molecule has 2 atom stereocenters. The molecule has 6 heteroatoms. The number of benzene rings is 3. The van der Waals surface area contributed by atoms with Gasteiger partial charge in [0.15, 0.2) is 0 Å². The van der Waals surface area contributed by atoms with Gasteiger partial charge in [0, 0.05) is 63.0 Å². The fourth-order valence-electron chi connectivity index (χ4n) is 5.39. The molecular weight excluding hydrogens is 441 g/mol. The highest BCUT2D eigenvalue weighted by molar-refractivity contribution is 5.94. The van der Waals surface area contributed by atoms with Crippen LogP contribution in [0.15, 0.2) is 78.9 Å². The number of nitrogens with zero attached hydrogens (tertiary/aromatic N) is 3. The minimum atomic E-state index is -0.200. The smallest absolute Gasteiger partial charge is 0.253 e. The number of hydrogen-bond donors (Lipinski definition) is 0. The number of carbonyl (C=O) groups excluding carboxylic acids is 1. The second-order valence-corrected chi connectivity index (χ2v) is 9.48. The van der Waals surface area contributed by atoms with Crippen LogP contribution in [0.1, 0.15) is 21.8 Å². The number of halogens is 1. The van der Waals surface area contributed by atoms with E-state index in [0.29, 0.717) is 17.4 Å². The zero-order chi connectivity index (χ0) is 24.2. The maximum atomic E-state index is 13.3. The molecular formula is C29H32FN3O2. The van der Waals surface area contributed by atoms with Gasteiger partial charge in [0.25, 0.3) is 5.91 Å². The Labute approximate surface area is 206 Å². The van der Waals surface area contributed by atoms with Gasteiger partial charge in [0.1, 0.15) is 11.6 Å². The maximum absolute atomic E-state index is 13.3. The second-order valence-electron chi connectivity index (χ2n) is 9.48. The van der Waals surface area contributed by atoms with Crippen molar-refractivity contribution in [1.82, 2.24) is 9.80 Å². The van der Waals surface area contributed by atoms with Crippen LogP contribution in [0.3, 0.4) is 0 Å². The third kappa shape index (κ3) is 5.33. The van der Waals surface area contributed by atoms with Gasteiger partial charge in [-0.3, -0.25) is 9.69 Å². The van der Waals surface area contributed by atoms with Crippen molar-refractivity contribution >= 4 is 11.6 Å². The Balaban J connectivity index is 1.26. The summed E-state index contributed by atoms with van der Waals surface area (Å²) in [6.07, 6.45) is 0. The van der Waals surface area contributed by atoms with E-state index >= 15 is 0 Å². The Morgan fingerprint density at radius 1 is 0.886 bits per heavy atom. The zero-order valence-corrected chi connectivity index (χ0v) is 20.1. The lowest BCUT2D eigenvalue weighted by molar-refractivity contribution is 0.0782. The fraction of sp³-hybridized carbons (Fsp3) is 0.345. The number of likely N-dealkylation sites (tertiary alicyclic amines) is 1. The molecule has 0 N–H and O–H groups in total. The molecule has 35 heavy (non-hydrogen) atoms. The molecule has 0 bridgehead atoms. The summed E-state index contributed by atoms with van der Waals surface area (Å²) in [6.45, 7) is 6.20. The van der Waals surface area contributed by atoms with Crippen molar-refractivity contribution in [3.05, 3.63) is 95.8 Å². The molecule has 3 aromatic carbocycles. The van der Waals surface area contributed by atoms with Crippen molar-refractivity contribution in [3.63, 3.8) is 0 Å². The first-order chi connectivity index (χ1) is 17.1. The number of ether oxygens (including phenoxy) is 1.